The molecule has 0 saturated heterocycles. The molecule has 0 N–H and O–H groups in total. The van der Waals surface area contributed by atoms with Gasteiger partial charge >= 0.3 is 0 Å². The number of pyridine rings is 1. The molecule has 0 aliphatic heterocycles. The van der Waals surface area contributed by atoms with Crippen molar-refractivity contribution in [2.75, 3.05) is 13.1 Å². The number of nitrogens with zero attached hydrogens (tertiary/aromatic N) is 2. The summed E-state index contributed by atoms with van der Waals surface area (Å²) in [6.07, 6.45) is 0. The zero-order valence-electron chi connectivity index (χ0n) is 11.2. The molecule has 96 valence electrons. The Morgan fingerprint density at radius 2 is 1.94 bits per heavy atom. The molecule has 1 aromatic heterocycles. The Hall–Kier alpha value is -1.12. The summed E-state index contributed by atoms with van der Waals surface area (Å²) in [5.74, 6) is 0. The van der Waals surface area contributed by atoms with E-state index >= 15 is 0 Å². The average molecular weight is 263 g/mol. The Kier molecular flexibility index (Phi) is 4.20. The Bertz CT molecular complexity index is 547. The van der Waals surface area contributed by atoms with Crippen molar-refractivity contribution in [3.8, 4) is 0 Å². The van der Waals surface area contributed by atoms with Gasteiger partial charge < -0.3 is 0 Å². The minimum atomic E-state index is 0.582. The van der Waals surface area contributed by atoms with Crippen LogP contribution in [0.4, 0.5) is 0 Å². The van der Waals surface area contributed by atoms with Gasteiger partial charge in [0.15, 0.2) is 0 Å². The molecular formula is C15H19ClN2. The molecule has 3 heteroatoms. The molecule has 0 unspecified atom stereocenters. The van der Waals surface area contributed by atoms with Crippen LogP contribution in [-0.4, -0.2) is 23.0 Å². The van der Waals surface area contributed by atoms with Gasteiger partial charge in [0.05, 0.1) is 5.52 Å². The molecule has 0 radical (unpaired) electrons. The lowest BCUT2D eigenvalue weighted by atomic mass is 10.1. The largest absolute Gasteiger partial charge is 0.300 e. The molecule has 0 amide bonds. The fourth-order valence-electron chi connectivity index (χ4n) is 2.25. The summed E-state index contributed by atoms with van der Waals surface area (Å²) in [5, 5.41) is 1.80. The summed E-state index contributed by atoms with van der Waals surface area (Å²) >= 11 is 6.14. The molecule has 0 saturated carbocycles. The van der Waals surface area contributed by atoms with Gasteiger partial charge in [0.1, 0.15) is 5.15 Å². The lowest BCUT2D eigenvalue weighted by molar-refractivity contribution is 0.297. The van der Waals surface area contributed by atoms with Gasteiger partial charge in [0.2, 0.25) is 0 Å². The van der Waals surface area contributed by atoms with E-state index in [1.807, 2.05) is 6.07 Å². The van der Waals surface area contributed by atoms with E-state index in [1.165, 1.54) is 16.5 Å². The number of benzene rings is 1. The van der Waals surface area contributed by atoms with Crippen LogP contribution < -0.4 is 0 Å². The van der Waals surface area contributed by atoms with Crippen LogP contribution in [0.3, 0.4) is 0 Å². The summed E-state index contributed by atoms with van der Waals surface area (Å²) in [6.45, 7) is 9.45. The highest BCUT2D eigenvalue weighted by Crippen LogP contribution is 2.24. The normalized spacial score (nSPS) is 11.4. The first-order valence-electron chi connectivity index (χ1n) is 6.42. The molecular weight excluding hydrogens is 244 g/mol. The SMILES string of the molecule is CCN(CC)Cc1cc(Cl)nc2c(C)cccc12. The third-order valence-corrected chi connectivity index (χ3v) is 3.58. The van der Waals surface area contributed by atoms with E-state index in [2.05, 4.69) is 48.9 Å². The monoisotopic (exact) mass is 262 g/mol. The second kappa shape index (κ2) is 5.68. The van der Waals surface area contributed by atoms with Gasteiger partial charge in [-0.15, -0.1) is 0 Å². The second-order valence-electron chi connectivity index (χ2n) is 4.54. The average Bonchev–Trinajstić information content (AvgIpc) is 2.37. The van der Waals surface area contributed by atoms with Gasteiger partial charge in [-0.2, -0.15) is 0 Å². The summed E-state index contributed by atoms with van der Waals surface area (Å²) in [5.41, 5.74) is 3.46. The minimum Gasteiger partial charge on any atom is -0.300 e. The Balaban J connectivity index is 2.52. The third kappa shape index (κ3) is 2.65. The van der Waals surface area contributed by atoms with Crippen LogP contribution >= 0.6 is 11.6 Å². The first kappa shape index (κ1) is 13.3. The molecule has 0 spiro atoms. The predicted octanol–water partition coefficient (Wildman–Crippen LogP) is 4.04. The molecule has 1 aromatic carbocycles. The highest BCUT2D eigenvalue weighted by molar-refractivity contribution is 6.30. The lowest BCUT2D eigenvalue weighted by Crippen LogP contribution is -2.22. The minimum absolute atomic E-state index is 0.582. The summed E-state index contributed by atoms with van der Waals surface area (Å²) in [4.78, 5) is 6.82. The van der Waals surface area contributed by atoms with E-state index in [-0.39, 0.29) is 0 Å². The van der Waals surface area contributed by atoms with Crippen molar-refractivity contribution in [2.24, 2.45) is 0 Å². The maximum absolute atomic E-state index is 6.14. The number of fused-ring (bicyclic) bond motifs is 1. The molecule has 0 bridgehead atoms. The van der Waals surface area contributed by atoms with Crippen LogP contribution in [0.5, 0.6) is 0 Å². The topological polar surface area (TPSA) is 16.1 Å². The molecule has 2 rings (SSSR count). The molecule has 0 aliphatic rings. The molecule has 1 heterocycles. The van der Waals surface area contributed by atoms with Crippen LogP contribution in [0.1, 0.15) is 25.0 Å². The van der Waals surface area contributed by atoms with E-state index in [9.17, 15) is 0 Å². The highest BCUT2D eigenvalue weighted by atomic mass is 35.5. The van der Waals surface area contributed by atoms with E-state index in [0.29, 0.717) is 5.15 Å². The van der Waals surface area contributed by atoms with Crippen molar-refractivity contribution in [2.45, 2.75) is 27.3 Å². The van der Waals surface area contributed by atoms with E-state index in [4.69, 9.17) is 11.6 Å². The van der Waals surface area contributed by atoms with E-state index < -0.39 is 0 Å². The quantitative estimate of drug-likeness (QED) is 0.773. The van der Waals surface area contributed by atoms with Gasteiger partial charge in [-0.3, -0.25) is 4.90 Å². The zero-order chi connectivity index (χ0) is 13.1. The van der Waals surface area contributed by atoms with Crippen molar-refractivity contribution in [3.05, 3.63) is 40.5 Å². The predicted molar refractivity (Wildman–Crippen MR) is 78.1 cm³/mol. The van der Waals surface area contributed by atoms with Gasteiger partial charge in [-0.25, -0.2) is 4.98 Å². The van der Waals surface area contributed by atoms with E-state index in [1.54, 1.807) is 0 Å². The summed E-state index contributed by atoms with van der Waals surface area (Å²) < 4.78 is 0. The molecule has 2 nitrogen and oxygen atoms in total. The standard InChI is InChI=1S/C15H19ClN2/c1-4-18(5-2)10-12-9-14(16)17-15-11(3)7-6-8-13(12)15/h6-9H,4-5,10H2,1-3H3. The van der Waals surface area contributed by atoms with Crippen molar-refractivity contribution in [1.29, 1.82) is 0 Å². The number of hydrogen-bond acceptors (Lipinski definition) is 2. The number of hydrogen-bond donors (Lipinski definition) is 0. The first-order valence-corrected chi connectivity index (χ1v) is 6.80. The fraction of sp³-hybridized carbons (Fsp3) is 0.400. The molecule has 18 heavy (non-hydrogen) atoms. The zero-order valence-corrected chi connectivity index (χ0v) is 12.0. The molecule has 0 atom stereocenters. The van der Waals surface area contributed by atoms with E-state index in [0.717, 1.165) is 25.2 Å². The summed E-state index contributed by atoms with van der Waals surface area (Å²) in [6, 6.07) is 8.28. The Morgan fingerprint density at radius 1 is 1.22 bits per heavy atom. The number of rotatable bonds is 4. The van der Waals surface area contributed by atoms with Crippen LogP contribution in [-0.2, 0) is 6.54 Å². The maximum Gasteiger partial charge on any atom is 0.130 e. The Labute approximate surface area is 114 Å². The number of halogens is 1. The van der Waals surface area contributed by atoms with Gasteiger partial charge in [-0.1, -0.05) is 43.6 Å². The van der Waals surface area contributed by atoms with Crippen molar-refractivity contribution >= 4 is 22.5 Å². The van der Waals surface area contributed by atoms with Crippen LogP contribution in [0, 0.1) is 6.92 Å². The second-order valence-corrected chi connectivity index (χ2v) is 4.92. The van der Waals surface area contributed by atoms with Gasteiger partial charge in [0, 0.05) is 11.9 Å². The van der Waals surface area contributed by atoms with Gasteiger partial charge in [-0.05, 0) is 37.2 Å². The lowest BCUT2D eigenvalue weighted by Gasteiger charge is -2.19. The Morgan fingerprint density at radius 3 is 2.61 bits per heavy atom. The first-order chi connectivity index (χ1) is 8.65. The van der Waals surface area contributed by atoms with Crippen molar-refractivity contribution < 1.29 is 0 Å². The van der Waals surface area contributed by atoms with Crippen LogP contribution in [0.25, 0.3) is 10.9 Å². The molecule has 0 aliphatic carbocycles. The summed E-state index contributed by atoms with van der Waals surface area (Å²) in [7, 11) is 0. The fourth-order valence-corrected chi connectivity index (χ4v) is 2.46. The molecule has 0 fully saturated rings. The highest BCUT2D eigenvalue weighted by Gasteiger charge is 2.09. The number of aryl methyl sites for hydroxylation is 1. The number of para-hydroxylation sites is 1. The number of aromatic nitrogens is 1. The molecule has 2 aromatic rings. The van der Waals surface area contributed by atoms with Crippen LogP contribution in [0.2, 0.25) is 5.15 Å². The maximum atomic E-state index is 6.14. The third-order valence-electron chi connectivity index (χ3n) is 3.38. The van der Waals surface area contributed by atoms with Gasteiger partial charge in [0.25, 0.3) is 0 Å². The van der Waals surface area contributed by atoms with Crippen molar-refractivity contribution in [1.82, 2.24) is 9.88 Å². The van der Waals surface area contributed by atoms with Crippen LogP contribution in [0.15, 0.2) is 24.3 Å². The van der Waals surface area contributed by atoms with Crippen molar-refractivity contribution in [3.63, 3.8) is 0 Å². The smallest absolute Gasteiger partial charge is 0.130 e.